The van der Waals surface area contributed by atoms with E-state index in [2.05, 4.69) is 34.1 Å². The van der Waals surface area contributed by atoms with Gasteiger partial charge in [0.2, 0.25) is 18.2 Å². The third kappa shape index (κ3) is 11.1. The zero-order valence-electron chi connectivity index (χ0n) is 27.9. The van der Waals surface area contributed by atoms with Crippen LogP contribution >= 0.6 is 0 Å². The van der Waals surface area contributed by atoms with Crippen molar-refractivity contribution in [2.45, 2.75) is 103 Å². The molecule has 1 saturated carbocycles. The van der Waals surface area contributed by atoms with Gasteiger partial charge in [0.1, 0.15) is 23.7 Å². The zero-order valence-corrected chi connectivity index (χ0v) is 27.9. The van der Waals surface area contributed by atoms with Gasteiger partial charge in [0.25, 0.3) is 0 Å². The van der Waals surface area contributed by atoms with Gasteiger partial charge in [0.05, 0.1) is 12.1 Å². The van der Waals surface area contributed by atoms with E-state index in [-0.39, 0.29) is 29.7 Å². The number of ether oxygens (including phenoxy) is 1. The van der Waals surface area contributed by atoms with Gasteiger partial charge in [0, 0.05) is 26.7 Å². The van der Waals surface area contributed by atoms with Gasteiger partial charge in [-0.2, -0.15) is 0 Å². The highest BCUT2D eigenvalue weighted by Crippen LogP contribution is 2.33. The van der Waals surface area contributed by atoms with Crippen LogP contribution in [0.5, 0.6) is 5.75 Å². The molecule has 2 aliphatic rings. The molecule has 3 amide bonds. The van der Waals surface area contributed by atoms with E-state index in [1.54, 1.807) is 26.1 Å². The molecule has 46 heavy (non-hydrogen) atoms. The molecule has 0 saturated heterocycles. The zero-order chi connectivity index (χ0) is 33.5. The molecule has 2 aromatic rings. The summed E-state index contributed by atoms with van der Waals surface area (Å²) in [4.78, 5) is 38.4. The highest BCUT2D eigenvalue weighted by Gasteiger charge is 2.38. The van der Waals surface area contributed by atoms with Crippen LogP contribution < -0.4 is 20.7 Å². The van der Waals surface area contributed by atoms with Crippen molar-refractivity contribution in [1.82, 2.24) is 20.9 Å². The molecule has 0 radical (unpaired) electrons. The Morgan fingerprint density at radius 1 is 1.11 bits per heavy atom. The highest BCUT2D eigenvalue weighted by atomic mass is 19.1. The second-order valence-electron chi connectivity index (χ2n) is 12.5. The fraction of sp³-hybridized carbons (Fsp3) is 0.583. The van der Waals surface area contributed by atoms with Gasteiger partial charge in [-0.05, 0) is 88.5 Å². The topological polar surface area (TPSA) is 120 Å². The number of aliphatic hydroxyl groups is 1. The fourth-order valence-corrected chi connectivity index (χ4v) is 6.38. The van der Waals surface area contributed by atoms with E-state index >= 15 is 0 Å². The first kappa shape index (κ1) is 37.0. The van der Waals surface area contributed by atoms with E-state index in [0.717, 1.165) is 74.7 Å². The average Bonchev–Trinajstić information content (AvgIpc) is 3.05. The first-order valence-electron chi connectivity index (χ1n) is 16.8. The van der Waals surface area contributed by atoms with Crippen LogP contribution in [0.1, 0.15) is 75.5 Å². The Bertz CT molecular complexity index is 1210. The number of halogens is 1. The molecule has 1 aliphatic carbocycles. The van der Waals surface area contributed by atoms with E-state index in [4.69, 9.17) is 4.74 Å². The summed E-state index contributed by atoms with van der Waals surface area (Å²) in [6, 6.07) is 11.3. The van der Waals surface area contributed by atoms with Crippen molar-refractivity contribution in [3.63, 3.8) is 0 Å². The number of nitrogens with zero attached hydrogens (tertiary/aromatic N) is 1. The van der Waals surface area contributed by atoms with Crippen molar-refractivity contribution < 1.29 is 28.6 Å². The predicted molar refractivity (Wildman–Crippen MR) is 178 cm³/mol. The minimum absolute atomic E-state index is 0.0723. The Labute approximate surface area is 273 Å². The number of benzene rings is 2. The van der Waals surface area contributed by atoms with Crippen LogP contribution in [0.15, 0.2) is 42.5 Å². The lowest BCUT2D eigenvalue weighted by Gasteiger charge is -2.37. The second-order valence-corrected chi connectivity index (χ2v) is 12.5. The molecular formula is C36H53FN4O5. The molecule has 9 nitrogen and oxygen atoms in total. The van der Waals surface area contributed by atoms with Crippen LogP contribution in [-0.4, -0.2) is 79.2 Å². The lowest BCUT2D eigenvalue weighted by molar-refractivity contribution is -0.145. The van der Waals surface area contributed by atoms with Crippen molar-refractivity contribution >= 4 is 18.2 Å². The third-order valence-electron chi connectivity index (χ3n) is 8.85. The summed E-state index contributed by atoms with van der Waals surface area (Å²) in [7, 11) is 1.62. The van der Waals surface area contributed by atoms with E-state index < -0.39 is 18.2 Å². The molecule has 4 atom stereocenters. The van der Waals surface area contributed by atoms with Crippen molar-refractivity contribution in [3.8, 4) is 5.75 Å². The Kier molecular flexibility index (Phi) is 15.5. The third-order valence-corrected chi connectivity index (χ3v) is 8.85. The average molecular weight is 641 g/mol. The minimum atomic E-state index is -0.985. The van der Waals surface area contributed by atoms with Gasteiger partial charge >= 0.3 is 0 Å². The summed E-state index contributed by atoms with van der Waals surface area (Å²) in [6.45, 7) is 6.89. The van der Waals surface area contributed by atoms with E-state index in [0.29, 0.717) is 19.6 Å². The number of carbonyl (C=O) groups excluding carboxylic acids is 3. The van der Waals surface area contributed by atoms with E-state index in [9.17, 15) is 23.9 Å². The molecule has 4 unspecified atom stereocenters. The van der Waals surface area contributed by atoms with Crippen LogP contribution in [0.2, 0.25) is 0 Å². The van der Waals surface area contributed by atoms with Crippen LogP contribution in [0.25, 0.3) is 0 Å². The monoisotopic (exact) mass is 640 g/mol. The van der Waals surface area contributed by atoms with Crippen molar-refractivity contribution in [2.75, 3.05) is 26.7 Å². The standard InChI is InChI=1S/C29H46N4O5.C7H7F/c1-4-31-28(36)26(20(2)35)33(3)29(37)25(21-10-6-5-7-11-21)32-18-24-16-15-23-13-8-12-22(27(23)38-24)14-9-17-30-19-34;1-6-2-4-7(8)5-3-6/h8,12-13,19-21,24-26,32,35H,4-7,9-11,14-18H2,1-3H3,(H,30,34)(H,31,36);2-5H,1H3. The minimum Gasteiger partial charge on any atom is -0.489 e. The van der Waals surface area contributed by atoms with Gasteiger partial charge in [-0.25, -0.2) is 4.39 Å². The normalized spacial score (nSPS) is 18.0. The summed E-state index contributed by atoms with van der Waals surface area (Å²) in [5, 5.41) is 19.3. The maximum Gasteiger partial charge on any atom is 0.245 e. The predicted octanol–water partition coefficient (Wildman–Crippen LogP) is 4.08. The summed E-state index contributed by atoms with van der Waals surface area (Å²) < 4.78 is 18.6. The lowest BCUT2D eigenvalue weighted by atomic mass is 9.83. The largest absolute Gasteiger partial charge is 0.489 e. The summed E-state index contributed by atoms with van der Waals surface area (Å²) in [6.07, 6.45) is 8.36. The maximum absolute atomic E-state index is 13.8. The molecular weight excluding hydrogens is 587 g/mol. The SMILES string of the molecule is CCNC(=O)C(C(C)O)N(C)C(=O)C(NCC1CCc2cccc(CCCNC=O)c2O1)C1CCCCC1.Cc1ccc(F)cc1. The number of para-hydroxylation sites is 1. The number of fused-ring (bicyclic) bond motifs is 1. The first-order valence-corrected chi connectivity index (χ1v) is 16.8. The molecule has 0 bridgehead atoms. The lowest BCUT2D eigenvalue weighted by Crippen LogP contribution is -2.59. The highest BCUT2D eigenvalue weighted by molar-refractivity contribution is 5.90. The van der Waals surface area contributed by atoms with Crippen molar-refractivity contribution in [2.24, 2.45) is 5.92 Å². The number of likely N-dealkylation sites (N-methyl/N-ethyl adjacent to an activating group) is 2. The summed E-state index contributed by atoms with van der Waals surface area (Å²) in [5.74, 6) is 0.437. The molecule has 4 N–H and O–H groups in total. The second kappa shape index (κ2) is 19.2. The number of carbonyl (C=O) groups is 3. The Balaban J connectivity index is 0.000000625. The Morgan fingerprint density at radius 2 is 1.83 bits per heavy atom. The molecule has 0 spiro atoms. The number of hydrogen-bond donors (Lipinski definition) is 4. The van der Waals surface area contributed by atoms with Gasteiger partial charge in [-0.15, -0.1) is 0 Å². The maximum atomic E-state index is 13.8. The quantitative estimate of drug-likeness (QED) is 0.183. The number of rotatable bonds is 14. The number of amides is 3. The molecule has 10 heteroatoms. The van der Waals surface area contributed by atoms with Crippen LogP contribution in [0.3, 0.4) is 0 Å². The summed E-state index contributed by atoms with van der Waals surface area (Å²) >= 11 is 0. The Hall–Kier alpha value is -3.50. The van der Waals surface area contributed by atoms with Crippen molar-refractivity contribution in [1.29, 1.82) is 0 Å². The van der Waals surface area contributed by atoms with E-state index in [1.807, 2.05) is 13.8 Å². The fourth-order valence-electron chi connectivity index (χ4n) is 6.38. The van der Waals surface area contributed by atoms with Crippen LogP contribution in [0, 0.1) is 18.7 Å². The van der Waals surface area contributed by atoms with Gasteiger partial charge < -0.3 is 30.7 Å². The number of aryl methyl sites for hydroxylation is 3. The molecule has 254 valence electrons. The van der Waals surface area contributed by atoms with E-state index in [1.165, 1.54) is 29.0 Å². The molecule has 1 aliphatic heterocycles. The molecule has 1 heterocycles. The van der Waals surface area contributed by atoms with Crippen molar-refractivity contribution in [3.05, 3.63) is 65.0 Å². The smallest absolute Gasteiger partial charge is 0.245 e. The molecule has 1 fully saturated rings. The van der Waals surface area contributed by atoms with Crippen LogP contribution in [0.4, 0.5) is 4.39 Å². The van der Waals surface area contributed by atoms with Gasteiger partial charge in [0.15, 0.2) is 0 Å². The first-order chi connectivity index (χ1) is 22.2. The van der Waals surface area contributed by atoms with Gasteiger partial charge in [-0.1, -0.05) is 55.2 Å². The number of aliphatic hydroxyl groups excluding tert-OH is 1. The Morgan fingerprint density at radius 3 is 2.46 bits per heavy atom. The molecule has 0 aromatic heterocycles. The molecule has 2 aromatic carbocycles. The number of hydrogen-bond acceptors (Lipinski definition) is 6. The van der Waals surface area contributed by atoms with Gasteiger partial charge in [-0.3, -0.25) is 14.4 Å². The number of nitrogens with one attached hydrogen (secondary N) is 3. The van der Waals surface area contributed by atoms with Crippen LogP contribution in [-0.2, 0) is 27.2 Å². The molecule has 4 rings (SSSR count). The summed E-state index contributed by atoms with van der Waals surface area (Å²) in [5.41, 5.74) is 3.43.